The molecule has 59 heavy (non-hydrogen) atoms. The van der Waals surface area contributed by atoms with Gasteiger partial charge in [0.1, 0.15) is 43.2 Å². The molecular weight excluding hydrogens is 764 g/mol. The first-order chi connectivity index (χ1) is 27.5. The summed E-state index contributed by atoms with van der Waals surface area (Å²) in [4.78, 5) is 23.2. The molecule has 14 heteroatoms. The number of aliphatic hydroxyl groups is 6. The van der Waals surface area contributed by atoms with Gasteiger partial charge in [0.15, 0.2) is 18.7 Å². The zero-order chi connectivity index (χ0) is 43.6. The van der Waals surface area contributed by atoms with Gasteiger partial charge in [0.25, 0.3) is 0 Å². The highest BCUT2D eigenvalue weighted by Crippen LogP contribution is 2.75. The van der Waals surface area contributed by atoms with E-state index in [1.807, 2.05) is 6.08 Å². The van der Waals surface area contributed by atoms with Crippen LogP contribution in [0.25, 0.3) is 0 Å². The molecule has 0 aromatic heterocycles. The summed E-state index contributed by atoms with van der Waals surface area (Å²) in [6.07, 6.45) is -3.72. The zero-order valence-corrected chi connectivity index (χ0v) is 36.7. The molecule has 19 atom stereocenters. The van der Waals surface area contributed by atoms with Crippen molar-refractivity contribution in [2.24, 2.45) is 45.3 Å². The number of rotatable bonds is 11. The number of carbonyl (C=O) groups excluding carboxylic acids is 2. The van der Waals surface area contributed by atoms with Gasteiger partial charge in [-0.05, 0) is 92.8 Å². The number of hydrogen-bond acceptors (Lipinski definition) is 14. The second-order valence-electron chi connectivity index (χ2n) is 20.3. The van der Waals surface area contributed by atoms with Crippen LogP contribution in [0.15, 0.2) is 23.3 Å². The third kappa shape index (κ3) is 8.34. The largest absolute Gasteiger partial charge is 0.463 e. The number of allylic oxidation sites excluding steroid dienone is 2. The number of aliphatic hydroxyl groups excluding tert-OH is 6. The third-order valence-corrected chi connectivity index (χ3v) is 16.0. The average Bonchev–Trinajstić information content (AvgIpc) is 3.37. The fourth-order valence-electron chi connectivity index (χ4n) is 12.9. The van der Waals surface area contributed by atoms with Crippen molar-refractivity contribution in [1.82, 2.24) is 0 Å². The average molecular weight is 837 g/mol. The number of carbonyl (C=O) groups is 2. The molecule has 0 bridgehead atoms. The topological polar surface area (TPSA) is 211 Å². The summed E-state index contributed by atoms with van der Waals surface area (Å²) < 4.78 is 35.5. The van der Waals surface area contributed by atoms with E-state index in [-0.39, 0.29) is 47.7 Å². The Labute approximate surface area is 349 Å². The summed E-state index contributed by atoms with van der Waals surface area (Å²) >= 11 is 0. The van der Waals surface area contributed by atoms with Crippen molar-refractivity contribution >= 4 is 11.9 Å². The highest BCUT2D eigenvalue weighted by atomic mass is 16.7. The first-order valence-corrected chi connectivity index (χ1v) is 21.8. The summed E-state index contributed by atoms with van der Waals surface area (Å²) in [6.45, 7) is 19.7. The van der Waals surface area contributed by atoms with Crippen molar-refractivity contribution < 1.29 is 68.6 Å². The summed E-state index contributed by atoms with van der Waals surface area (Å²) in [5.41, 5.74) is 0.736. The molecule has 5 fully saturated rings. The molecule has 6 rings (SSSR count). The van der Waals surface area contributed by atoms with Crippen LogP contribution in [-0.4, -0.2) is 129 Å². The molecule has 6 N–H and O–H groups in total. The molecule has 2 aliphatic heterocycles. The number of esters is 2. The van der Waals surface area contributed by atoms with Gasteiger partial charge in [0, 0.05) is 25.2 Å². The molecule has 2 saturated heterocycles. The zero-order valence-electron chi connectivity index (χ0n) is 36.7. The van der Waals surface area contributed by atoms with Gasteiger partial charge < -0.3 is 59.1 Å². The summed E-state index contributed by atoms with van der Waals surface area (Å²) in [6, 6.07) is 0. The van der Waals surface area contributed by atoms with Crippen LogP contribution >= 0.6 is 0 Å². The fourth-order valence-corrected chi connectivity index (χ4v) is 12.9. The van der Waals surface area contributed by atoms with Gasteiger partial charge in [-0.15, -0.1) is 0 Å². The van der Waals surface area contributed by atoms with Crippen LogP contribution in [-0.2, 0) is 38.0 Å². The predicted octanol–water partition coefficient (Wildman–Crippen LogP) is 3.71. The molecule has 0 spiro atoms. The molecule has 3 saturated carbocycles. The molecule has 4 aliphatic carbocycles. The molecular formula is C45H72O14. The van der Waals surface area contributed by atoms with E-state index in [0.717, 1.165) is 37.7 Å². The van der Waals surface area contributed by atoms with Gasteiger partial charge in [-0.3, -0.25) is 9.59 Å². The van der Waals surface area contributed by atoms with Crippen LogP contribution in [0.4, 0.5) is 0 Å². The van der Waals surface area contributed by atoms with Crippen molar-refractivity contribution in [1.29, 1.82) is 0 Å². The number of hydrogen-bond donors (Lipinski definition) is 6. The monoisotopic (exact) mass is 836 g/mol. The van der Waals surface area contributed by atoms with E-state index < -0.39 is 96.4 Å². The van der Waals surface area contributed by atoms with E-state index in [1.54, 1.807) is 0 Å². The molecule has 0 radical (unpaired) electrons. The van der Waals surface area contributed by atoms with Crippen LogP contribution in [0.2, 0.25) is 0 Å². The highest BCUT2D eigenvalue weighted by Gasteiger charge is 2.72. The lowest BCUT2D eigenvalue weighted by molar-refractivity contribution is -0.316. The Morgan fingerprint density at radius 2 is 1.51 bits per heavy atom. The Bertz CT molecular complexity index is 1590. The summed E-state index contributed by atoms with van der Waals surface area (Å²) in [7, 11) is 0. The minimum absolute atomic E-state index is 0.00908. The van der Waals surface area contributed by atoms with Crippen LogP contribution in [0.5, 0.6) is 0 Å². The first-order valence-electron chi connectivity index (χ1n) is 21.8. The van der Waals surface area contributed by atoms with Gasteiger partial charge >= 0.3 is 11.9 Å². The smallest absolute Gasteiger partial charge is 0.303 e. The quantitative estimate of drug-likeness (QED) is 0.130. The second-order valence-corrected chi connectivity index (χ2v) is 20.3. The van der Waals surface area contributed by atoms with Crippen LogP contribution < -0.4 is 0 Å². The van der Waals surface area contributed by atoms with E-state index in [4.69, 9.17) is 28.4 Å². The van der Waals surface area contributed by atoms with Crippen LogP contribution in [0.3, 0.4) is 0 Å². The Morgan fingerprint density at radius 3 is 2.15 bits per heavy atom. The molecule has 14 nitrogen and oxygen atoms in total. The Kier molecular flexibility index (Phi) is 13.6. The minimum Gasteiger partial charge on any atom is -0.463 e. The molecule has 0 aromatic rings. The lowest BCUT2D eigenvalue weighted by Gasteiger charge is -2.67. The molecule has 336 valence electrons. The van der Waals surface area contributed by atoms with Crippen molar-refractivity contribution in [3.63, 3.8) is 0 Å². The maximum Gasteiger partial charge on any atom is 0.303 e. The third-order valence-electron chi connectivity index (χ3n) is 16.0. The summed E-state index contributed by atoms with van der Waals surface area (Å²) in [5.74, 6) is -1.00. The number of fused-ring (bicyclic) bond motifs is 5. The van der Waals surface area contributed by atoms with Gasteiger partial charge in [0.05, 0.1) is 24.9 Å². The number of ether oxygens (including phenoxy) is 6. The van der Waals surface area contributed by atoms with E-state index in [2.05, 4.69) is 61.5 Å². The maximum atomic E-state index is 12.6. The van der Waals surface area contributed by atoms with Gasteiger partial charge in [-0.25, -0.2) is 0 Å². The highest BCUT2D eigenvalue weighted by molar-refractivity contribution is 5.66. The molecule has 2 unspecified atom stereocenters. The van der Waals surface area contributed by atoms with E-state index in [0.29, 0.717) is 12.8 Å². The predicted molar refractivity (Wildman–Crippen MR) is 214 cm³/mol. The Morgan fingerprint density at radius 1 is 0.831 bits per heavy atom. The fraction of sp³-hybridized carbons (Fsp3) is 0.867. The summed E-state index contributed by atoms with van der Waals surface area (Å²) in [5, 5.41) is 67.2. The lowest BCUT2D eigenvalue weighted by atomic mass is 9.38. The van der Waals surface area contributed by atoms with E-state index >= 15 is 0 Å². The van der Waals surface area contributed by atoms with Gasteiger partial charge in [-0.1, -0.05) is 64.8 Å². The maximum absolute atomic E-state index is 12.6. The Hall–Kier alpha value is -1.98. The molecule has 0 aromatic carbocycles. The Balaban J connectivity index is 1.29. The van der Waals surface area contributed by atoms with Crippen molar-refractivity contribution in [2.45, 2.75) is 188 Å². The standard InChI is InChI=1S/C45H72O14/c1-22(2)12-11-13-23(3)33-29(57-41-38(53)36(51)34(49)31(58-41)20-54-24(4)46)19-45(10)39-28(48)18-27-26(43(39,8)16-17-44(33,45)9)14-15-32(42(27,6)7)59-40-37(52)35(50)30(21-55-40)56-25(5)47/h12,18,23,26,28-41,48-53H,11,13-17,19-21H2,1-10H3/t23?,26-,28-,29+,30+,31-,32+,33+,34+,35-,36-,37?,38-,39-,40-,41+,43+,44-,45+/m0/s1. The second kappa shape index (κ2) is 17.3. The van der Waals surface area contributed by atoms with E-state index in [1.165, 1.54) is 19.4 Å². The van der Waals surface area contributed by atoms with Crippen LogP contribution in [0.1, 0.15) is 114 Å². The normalized spacial score (nSPS) is 47.1. The lowest BCUT2D eigenvalue weighted by Crippen LogP contribution is -2.63. The molecule has 6 aliphatic rings. The first kappa shape index (κ1) is 46.5. The molecule has 0 amide bonds. The van der Waals surface area contributed by atoms with E-state index in [9.17, 15) is 40.2 Å². The van der Waals surface area contributed by atoms with Crippen LogP contribution in [0, 0.1) is 45.3 Å². The minimum atomic E-state index is -1.58. The van der Waals surface area contributed by atoms with Crippen molar-refractivity contribution in [2.75, 3.05) is 13.2 Å². The van der Waals surface area contributed by atoms with Crippen molar-refractivity contribution in [3.05, 3.63) is 23.3 Å². The van der Waals surface area contributed by atoms with Crippen molar-refractivity contribution in [3.8, 4) is 0 Å². The van der Waals surface area contributed by atoms with Gasteiger partial charge in [0.2, 0.25) is 0 Å². The SMILES string of the molecule is CC(=O)OC[C@@H]1O[C@@H](O[C@@H]2C[C@]3(C)[C@H]4[C@@H](O)C=C5[C@H](CC[C@@H](O[C@@H]6OC[C@@H](OC(C)=O)[C@H](O)C6O)C5(C)C)[C@@]4(C)CC[C@@]3(C)[C@@H]2C(C)CCC=C(C)C)[C@@H](O)[C@@H](O)[C@@H]1O. The van der Waals surface area contributed by atoms with Gasteiger partial charge in [-0.2, -0.15) is 0 Å². The molecule has 2 heterocycles.